The molecule has 2 aliphatic heterocycles. The Morgan fingerprint density at radius 3 is 2.50 bits per heavy atom. The predicted octanol–water partition coefficient (Wildman–Crippen LogP) is 4.76. The molecular formula is C27H29N3O3S. The normalized spacial score (nSPS) is 17.8. The van der Waals surface area contributed by atoms with Gasteiger partial charge in [-0.15, -0.1) is 0 Å². The summed E-state index contributed by atoms with van der Waals surface area (Å²) in [6.07, 6.45) is 0.824. The number of carbonyl (C=O) groups excluding carboxylic acids is 1. The van der Waals surface area contributed by atoms with Gasteiger partial charge in [0.05, 0.1) is 16.7 Å². The van der Waals surface area contributed by atoms with Crippen molar-refractivity contribution in [3.63, 3.8) is 0 Å². The van der Waals surface area contributed by atoms with Gasteiger partial charge in [0.1, 0.15) is 0 Å². The molecule has 5 rings (SSSR count). The summed E-state index contributed by atoms with van der Waals surface area (Å²) in [5, 5.41) is 2.92. The van der Waals surface area contributed by atoms with E-state index in [1.807, 2.05) is 42.2 Å². The number of rotatable bonds is 4. The molecule has 0 saturated heterocycles. The minimum absolute atomic E-state index is 0.0169. The summed E-state index contributed by atoms with van der Waals surface area (Å²) in [6, 6.07) is 20.4. The number of fused-ring (bicyclic) bond motifs is 2. The first-order valence-electron chi connectivity index (χ1n) is 11.6. The Hall–Kier alpha value is -3.16. The second-order valence-corrected chi connectivity index (χ2v) is 11.3. The zero-order chi connectivity index (χ0) is 23.9. The van der Waals surface area contributed by atoms with Gasteiger partial charge < -0.3 is 10.2 Å². The molecule has 1 unspecified atom stereocenters. The van der Waals surface area contributed by atoms with Gasteiger partial charge in [0.2, 0.25) is 0 Å². The average Bonchev–Trinajstić information content (AvgIpc) is 3.19. The van der Waals surface area contributed by atoms with Crippen molar-refractivity contribution >= 4 is 21.6 Å². The Morgan fingerprint density at radius 1 is 0.971 bits per heavy atom. The van der Waals surface area contributed by atoms with E-state index in [0.717, 1.165) is 25.1 Å². The van der Waals surface area contributed by atoms with E-state index in [9.17, 15) is 13.2 Å². The van der Waals surface area contributed by atoms with E-state index >= 15 is 0 Å². The molecule has 0 radical (unpaired) electrons. The zero-order valence-corrected chi connectivity index (χ0v) is 20.3. The van der Waals surface area contributed by atoms with Crippen LogP contribution in [0.1, 0.15) is 40.8 Å². The lowest BCUT2D eigenvalue weighted by Crippen LogP contribution is -2.41. The summed E-state index contributed by atoms with van der Waals surface area (Å²) in [5.41, 5.74) is 6.28. The van der Waals surface area contributed by atoms with Crippen molar-refractivity contribution in [2.45, 2.75) is 43.1 Å². The lowest BCUT2D eigenvalue weighted by molar-refractivity contribution is 0.188. The largest absolute Gasteiger partial charge is 0.322 e. The average molecular weight is 476 g/mol. The molecular weight excluding hydrogens is 446 g/mol. The van der Waals surface area contributed by atoms with Gasteiger partial charge in [0.25, 0.3) is 0 Å². The molecule has 6 nitrogen and oxygen atoms in total. The van der Waals surface area contributed by atoms with Crippen molar-refractivity contribution in [2.24, 2.45) is 0 Å². The van der Waals surface area contributed by atoms with E-state index in [0.29, 0.717) is 12.2 Å². The van der Waals surface area contributed by atoms with Crippen molar-refractivity contribution in [3.05, 3.63) is 94.5 Å². The smallest absolute Gasteiger partial charge is 0.317 e. The summed E-state index contributed by atoms with van der Waals surface area (Å²) < 4.78 is 26.0. The number of hydrogen-bond donors (Lipinski definition) is 1. The first-order valence-corrected chi connectivity index (χ1v) is 13.2. The maximum absolute atomic E-state index is 13.0. The minimum atomic E-state index is -3.49. The summed E-state index contributed by atoms with van der Waals surface area (Å²) in [5.74, 6) is -0.0413. The van der Waals surface area contributed by atoms with Crippen molar-refractivity contribution in [2.75, 3.05) is 18.9 Å². The molecule has 0 spiro atoms. The Balaban J connectivity index is 1.26. The van der Waals surface area contributed by atoms with E-state index in [4.69, 9.17) is 0 Å². The van der Waals surface area contributed by atoms with Gasteiger partial charge in [0.15, 0.2) is 9.84 Å². The third-order valence-electron chi connectivity index (χ3n) is 6.83. The minimum Gasteiger partial charge on any atom is -0.317 e. The van der Waals surface area contributed by atoms with Crippen LogP contribution in [0.2, 0.25) is 0 Å². The van der Waals surface area contributed by atoms with Crippen LogP contribution in [0.5, 0.6) is 0 Å². The van der Waals surface area contributed by atoms with Crippen LogP contribution in [0, 0.1) is 0 Å². The summed E-state index contributed by atoms with van der Waals surface area (Å²) in [6.45, 7) is 4.42. The molecule has 7 heteroatoms. The van der Waals surface area contributed by atoms with Crippen LogP contribution in [0.4, 0.5) is 10.5 Å². The maximum Gasteiger partial charge on any atom is 0.322 e. The molecule has 1 atom stereocenters. The molecule has 34 heavy (non-hydrogen) atoms. The summed E-state index contributed by atoms with van der Waals surface area (Å²) in [7, 11) is -1.43. The van der Waals surface area contributed by atoms with Crippen LogP contribution >= 0.6 is 0 Å². The molecule has 2 heterocycles. The highest BCUT2D eigenvalue weighted by Crippen LogP contribution is 2.30. The lowest BCUT2D eigenvalue weighted by atomic mass is 9.94. The number of anilines is 1. The lowest BCUT2D eigenvalue weighted by Gasteiger charge is -2.35. The van der Waals surface area contributed by atoms with E-state index in [1.165, 1.54) is 22.3 Å². The zero-order valence-electron chi connectivity index (χ0n) is 19.5. The van der Waals surface area contributed by atoms with E-state index < -0.39 is 9.84 Å². The fourth-order valence-electron chi connectivity index (χ4n) is 5.00. The van der Waals surface area contributed by atoms with Crippen molar-refractivity contribution in [3.8, 4) is 0 Å². The highest BCUT2D eigenvalue weighted by Gasteiger charge is 2.27. The standard InChI is InChI=1S/C27H29N3O3S/c1-19-26-6-4-3-5-21(26)13-14-30(19)27(31)28-24-9-11-25(12-10-24)34(32,33)18-20-7-8-22-16-29(2)17-23(22)15-20/h3-12,15,19H,13-14,16-18H2,1-2H3,(H,28,31). The van der Waals surface area contributed by atoms with Crippen LogP contribution in [-0.4, -0.2) is 37.8 Å². The topological polar surface area (TPSA) is 69.7 Å². The number of carbonyl (C=O) groups is 1. The third kappa shape index (κ3) is 4.45. The molecule has 1 N–H and O–H groups in total. The number of urea groups is 1. The Bertz CT molecular complexity index is 1340. The Kier molecular flexibility index (Phi) is 5.91. The van der Waals surface area contributed by atoms with Crippen LogP contribution in [-0.2, 0) is 35.1 Å². The van der Waals surface area contributed by atoms with E-state index in [-0.39, 0.29) is 22.7 Å². The number of amides is 2. The summed E-state index contributed by atoms with van der Waals surface area (Å²) in [4.78, 5) is 17.2. The van der Waals surface area contributed by atoms with Crippen molar-refractivity contribution < 1.29 is 13.2 Å². The van der Waals surface area contributed by atoms with Crippen molar-refractivity contribution in [1.29, 1.82) is 0 Å². The number of nitrogens with zero attached hydrogens (tertiary/aromatic N) is 2. The van der Waals surface area contributed by atoms with Gasteiger partial charge in [-0.2, -0.15) is 0 Å². The number of benzene rings is 3. The van der Waals surface area contributed by atoms with Crippen LogP contribution < -0.4 is 5.32 Å². The van der Waals surface area contributed by atoms with Gasteiger partial charge in [-0.05, 0) is 72.5 Å². The van der Waals surface area contributed by atoms with Gasteiger partial charge in [-0.1, -0.05) is 42.5 Å². The monoisotopic (exact) mass is 475 g/mol. The second kappa shape index (κ2) is 8.89. The molecule has 0 aromatic heterocycles. The van der Waals surface area contributed by atoms with Crippen LogP contribution in [0.15, 0.2) is 71.6 Å². The number of sulfone groups is 1. The predicted molar refractivity (Wildman–Crippen MR) is 133 cm³/mol. The number of nitrogens with one attached hydrogen (secondary N) is 1. The maximum atomic E-state index is 13.0. The van der Waals surface area contributed by atoms with Gasteiger partial charge in [-0.3, -0.25) is 4.90 Å². The van der Waals surface area contributed by atoms with Gasteiger partial charge in [0, 0.05) is 25.3 Å². The molecule has 2 aliphatic rings. The Morgan fingerprint density at radius 2 is 1.71 bits per heavy atom. The van der Waals surface area contributed by atoms with Crippen molar-refractivity contribution in [1.82, 2.24) is 9.80 Å². The summed E-state index contributed by atoms with van der Waals surface area (Å²) >= 11 is 0. The molecule has 0 bridgehead atoms. The highest BCUT2D eigenvalue weighted by atomic mass is 32.2. The van der Waals surface area contributed by atoms with Crippen LogP contribution in [0.25, 0.3) is 0 Å². The fourth-order valence-corrected chi connectivity index (χ4v) is 6.34. The number of hydrogen-bond acceptors (Lipinski definition) is 4. The highest BCUT2D eigenvalue weighted by molar-refractivity contribution is 7.90. The molecule has 0 saturated carbocycles. The van der Waals surface area contributed by atoms with E-state index in [1.54, 1.807) is 24.3 Å². The Labute approximate surface area is 201 Å². The van der Waals surface area contributed by atoms with E-state index in [2.05, 4.69) is 29.4 Å². The second-order valence-electron chi connectivity index (χ2n) is 9.31. The molecule has 0 fully saturated rings. The van der Waals surface area contributed by atoms with Gasteiger partial charge >= 0.3 is 6.03 Å². The third-order valence-corrected chi connectivity index (χ3v) is 8.53. The molecule has 3 aromatic carbocycles. The van der Waals surface area contributed by atoms with Gasteiger partial charge in [-0.25, -0.2) is 13.2 Å². The SMILES string of the molecule is CC1c2ccccc2CCN1C(=O)Nc1ccc(S(=O)(=O)Cc2ccc3c(c2)CN(C)C3)cc1. The quantitative estimate of drug-likeness (QED) is 0.591. The first-order chi connectivity index (χ1) is 16.3. The molecule has 0 aliphatic carbocycles. The molecule has 176 valence electrons. The molecule has 3 aromatic rings. The molecule has 2 amide bonds. The van der Waals surface area contributed by atoms with Crippen LogP contribution in [0.3, 0.4) is 0 Å². The fraction of sp³-hybridized carbons (Fsp3) is 0.296. The first kappa shape index (κ1) is 22.6.